The Balaban J connectivity index is 2.77. The Morgan fingerprint density at radius 2 is 2.00 bits per heavy atom. The van der Waals surface area contributed by atoms with Crippen LogP contribution in [0.1, 0.15) is 32.0 Å². The molecule has 0 unspecified atom stereocenters. The van der Waals surface area contributed by atoms with E-state index in [1.54, 1.807) is 4.68 Å². The van der Waals surface area contributed by atoms with Gasteiger partial charge in [0.05, 0.1) is 5.69 Å². The SMILES string of the molecule is Cc1nn(C)c(Cl)c1CNC(C)(C)C. The van der Waals surface area contributed by atoms with Crippen LogP contribution in [0.4, 0.5) is 0 Å². The lowest BCUT2D eigenvalue weighted by atomic mass is 10.1. The number of nitrogens with zero attached hydrogens (tertiary/aromatic N) is 2. The van der Waals surface area contributed by atoms with Gasteiger partial charge in [-0.2, -0.15) is 5.10 Å². The fourth-order valence-corrected chi connectivity index (χ4v) is 1.47. The van der Waals surface area contributed by atoms with Crippen molar-refractivity contribution >= 4 is 11.6 Å². The fourth-order valence-electron chi connectivity index (χ4n) is 1.23. The maximum atomic E-state index is 6.10. The summed E-state index contributed by atoms with van der Waals surface area (Å²) in [5.41, 5.74) is 2.18. The van der Waals surface area contributed by atoms with E-state index in [4.69, 9.17) is 11.6 Å². The normalized spacial score (nSPS) is 12.1. The van der Waals surface area contributed by atoms with Crippen LogP contribution < -0.4 is 5.32 Å². The smallest absolute Gasteiger partial charge is 0.131 e. The molecule has 14 heavy (non-hydrogen) atoms. The van der Waals surface area contributed by atoms with Crippen LogP contribution >= 0.6 is 11.6 Å². The molecule has 0 amide bonds. The Labute approximate surface area is 90.4 Å². The largest absolute Gasteiger partial charge is 0.308 e. The first-order chi connectivity index (χ1) is 6.31. The van der Waals surface area contributed by atoms with E-state index in [1.807, 2.05) is 14.0 Å². The van der Waals surface area contributed by atoms with Crippen LogP contribution in [0.2, 0.25) is 5.15 Å². The third kappa shape index (κ3) is 2.72. The topological polar surface area (TPSA) is 29.9 Å². The van der Waals surface area contributed by atoms with Gasteiger partial charge >= 0.3 is 0 Å². The van der Waals surface area contributed by atoms with Gasteiger partial charge in [0.2, 0.25) is 0 Å². The second-order valence-corrected chi connectivity index (χ2v) is 4.94. The maximum Gasteiger partial charge on any atom is 0.131 e. The van der Waals surface area contributed by atoms with Gasteiger partial charge < -0.3 is 5.32 Å². The zero-order valence-corrected chi connectivity index (χ0v) is 10.2. The number of rotatable bonds is 2. The third-order valence-corrected chi connectivity index (χ3v) is 2.54. The Kier molecular flexibility index (Phi) is 3.22. The molecule has 0 fully saturated rings. The molecular weight excluding hydrogens is 198 g/mol. The third-order valence-electron chi connectivity index (χ3n) is 2.07. The zero-order chi connectivity index (χ0) is 10.9. The predicted octanol–water partition coefficient (Wildman–Crippen LogP) is 2.27. The van der Waals surface area contributed by atoms with Gasteiger partial charge in [-0.1, -0.05) is 11.6 Å². The van der Waals surface area contributed by atoms with Crippen LogP contribution in [0.25, 0.3) is 0 Å². The van der Waals surface area contributed by atoms with E-state index in [0.717, 1.165) is 23.0 Å². The molecule has 0 atom stereocenters. The molecule has 1 N–H and O–H groups in total. The van der Waals surface area contributed by atoms with E-state index < -0.39 is 0 Å². The van der Waals surface area contributed by atoms with Crippen LogP contribution in [-0.4, -0.2) is 15.3 Å². The van der Waals surface area contributed by atoms with Crippen molar-refractivity contribution in [2.45, 2.75) is 39.8 Å². The van der Waals surface area contributed by atoms with Crippen molar-refractivity contribution in [1.29, 1.82) is 0 Å². The monoisotopic (exact) mass is 215 g/mol. The summed E-state index contributed by atoms with van der Waals surface area (Å²) in [6.07, 6.45) is 0. The molecule has 0 bridgehead atoms. The summed E-state index contributed by atoms with van der Waals surface area (Å²) in [5, 5.41) is 8.37. The minimum absolute atomic E-state index is 0.103. The van der Waals surface area contributed by atoms with Gasteiger partial charge in [-0.15, -0.1) is 0 Å². The lowest BCUT2D eigenvalue weighted by Gasteiger charge is -2.20. The summed E-state index contributed by atoms with van der Waals surface area (Å²) < 4.78 is 1.70. The molecule has 0 aliphatic rings. The number of hydrogen-bond acceptors (Lipinski definition) is 2. The van der Waals surface area contributed by atoms with Crippen molar-refractivity contribution in [3.63, 3.8) is 0 Å². The van der Waals surface area contributed by atoms with Crippen molar-refractivity contribution in [1.82, 2.24) is 15.1 Å². The van der Waals surface area contributed by atoms with Crippen LogP contribution in [0.3, 0.4) is 0 Å². The van der Waals surface area contributed by atoms with Crippen LogP contribution in [0.5, 0.6) is 0 Å². The fraction of sp³-hybridized carbons (Fsp3) is 0.700. The molecule has 0 aliphatic carbocycles. The number of aryl methyl sites for hydroxylation is 2. The molecule has 0 saturated heterocycles. The van der Waals surface area contributed by atoms with E-state index in [2.05, 4.69) is 31.2 Å². The molecule has 3 nitrogen and oxygen atoms in total. The van der Waals surface area contributed by atoms with Gasteiger partial charge in [-0.05, 0) is 27.7 Å². The van der Waals surface area contributed by atoms with E-state index in [-0.39, 0.29) is 5.54 Å². The molecule has 0 radical (unpaired) electrons. The highest BCUT2D eigenvalue weighted by Crippen LogP contribution is 2.18. The highest BCUT2D eigenvalue weighted by Gasteiger charge is 2.14. The van der Waals surface area contributed by atoms with Gasteiger partial charge in [0, 0.05) is 24.7 Å². The maximum absolute atomic E-state index is 6.10. The highest BCUT2D eigenvalue weighted by atomic mass is 35.5. The first kappa shape index (κ1) is 11.5. The van der Waals surface area contributed by atoms with E-state index in [1.165, 1.54) is 0 Å². The minimum Gasteiger partial charge on any atom is -0.308 e. The number of hydrogen-bond donors (Lipinski definition) is 1. The molecule has 0 aliphatic heterocycles. The minimum atomic E-state index is 0.103. The van der Waals surface area contributed by atoms with Gasteiger partial charge in [-0.3, -0.25) is 4.68 Å². The molecule has 1 aromatic rings. The second kappa shape index (κ2) is 3.91. The van der Waals surface area contributed by atoms with Gasteiger partial charge in [0.25, 0.3) is 0 Å². The van der Waals surface area contributed by atoms with Gasteiger partial charge in [0.1, 0.15) is 5.15 Å². The standard InChI is InChI=1S/C10H18ClN3/c1-7-8(6-12-10(2,3)4)9(11)14(5)13-7/h12H,6H2,1-5H3. The van der Waals surface area contributed by atoms with Gasteiger partial charge in [-0.25, -0.2) is 0 Å². The summed E-state index contributed by atoms with van der Waals surface area (Å²) >= 11 is 6.10. The summed E-state index contributed by atoms with van der Waals surface area (Å²) in [6.45, 7) is 9.14. The average molecular weight is 216 g/mol. The molecule has 0 saturated carbocycles. The summed E-state index contributed by atoms with van der Waals surface area (Å²) in [5.74, 6) is 0. The van der Waals surface area contributed by atoms with Crippen molar-refractivity contribution in [3.8, 4) is 0 Å². The Morgan fingerprint density at radius 1 is 1.43 bits per heavy atom. The summed E-state index contributed by atoms with van der Waals surface area (Å²) in [4.78, 5) is 0. The molecule has 1 aromatic heterocycles. The number of halogens is 1. The Morgan fingerprint density at radius 3 is 2.36 bits per heavy atom. The van der Waals surface area contributed by atoms with Crippen molar-refractivity contribution in [3.05, 3.63) is 16.4 Å². The van der Waals surface area contributed by atoms with E-state index >= 15 is 0 Å². The second-order valence-electron chi connectivity index (χ2n) is 4.58. The quantitative estimate of drug-likeness (QED) is 0.821. The molecule has 0 aromatic carbocycles. The lowest BCUT2D eigenvalue weighted by Crippen LogP contribution is -2.35. The van der Waals surface area contributed by atoms with Crippen molar-refractivity contribution < 1.29 is 0 Å². The number of nitrogens with one attached hydrogen (secondary N) is 1. The molecule has 0 spiro atoms. The number of aromatic nitrogens is 2. The molecular formula is C10H18ClN3. The van der Waals surface area contributed by atoms with E-state index in [9.17, 15) is 0 Å². The summed E-state index contributed by atoms with van der Waals surface area (Å²) in [6, 6.07) is 0. The predicted molar refractivity (Wildman–Crippen MR) is 59.5 cm³/mol. The van der Waals surface area contributed by atoms with Crippen molar-refractivity contribution in [2.24, 2.45) is 7.05 Å². The summed E-state index contributed by atoms with van der Waals surface area (Å²) in [7, 11) is 1.86. The Hall–Kier alpha value is -0.540. The first-order valence-electron chi connectivity index (χ1n) is 4.74. The Bertz CT molecular complexity index is 323. The highest BCUT2D eigenvalue weighted by molar-refractivity contribution is 6.30. The van der Waals surface area contributed by atoms with Gasteiger partial charge in [0.15, 0.2) is 0 Å². The average Bonchev–Trinajstić information content (AvgIpc) is 2.23. The first-order valence-corrected chi connectivity index (χ1v) is 5.12. The molecule has 4 heteroatoms. The lowest BCUT2D eigenvalue weighted by molar-refractivity contribution is 0.424. The zero-order valence-electron chi connectivity index (χ0n) is 9.48. The van der Waals surface area contributed by atoms with E-state index in [0.29, 0.717) is 0 Å². The van der Waals surface area contributed by atoms with Crippen LogP contribution in [-0.2, 0) is 13.6 Å². The molecule has 80 valence electrons. The van der Waals surface area contributed by atoms with Crippen LogP contribution in [0, 0.1) is 6.92 Å². The molecule has 1 rings (SSSR count). The van der Waals surface area contributed by atoms with Crippen LogP contribution in [0.15, 0.2) is 0 Å². The molecule has 1 heterocycles. The van der Waals surface area contributed by atoms with Crippen molar-refractivity contribution in [2.75, 3.05) is 0 Å².